The van der Waals surface area contributed by atoms with Crippen molar-refractivity contribution in [3.8, 4) is 0 Å². The van der Waals surface area contributed by atoms with Crippen molar-refractivity contribution in [1.82, 2.24) is 14.7 Å². The normalized spacial score (nSPS) is 28.1. The maximum absolute atomic E-state index is 12.5. The highest BCUT2D eigenvalue weighted by Gasteiger charge is 2.50. The number of hydrogen-bond donors (Lipinski definition) is 0. The largest absolute Gasteiger partial charge is 0.339 e. The number of fused-ring (bicyclic) bond motifs is 1. The SMILES string of the molecule is CC(=O)N1CCN2C(=O)N(C3CCCCC3)C(=O)[C@H]2C1. The van der Waals surface area contributed by atoms with Crippen LogP contribution in [0.3, 0.4) is 0 Å². The van der Waals surface area contributed by atoms with E-state index in [-0.39, 0.29) is 23.9 Å². The Hall–Kier alpha value is -1.59. The number of amides is 4. The van der Waals surface area contributed by atoms with Gasteiger partial charge in [0.05, 0.1) is 6.54 Å². The molecule has 2 aliphatic heterocycles. The smallest absolute Gasteiger partial charge is 0.327 e. The van der Waals surface area contributed by atoms with Gasteiger partial charge < -0.3 is 9.80 Å². The maximum Gasteiger partial charge on any atom is 0.327 e. The van der Waals surface area contributed by atoms with Crippen molar-refractivity contribution < 1.29 is 14.4 Å². The van der Waals surface area contributed by atoms with Gasteiger partial charge in [0.1, 0.15) is 6.04 Å². The van der Waals surface area contributed by atoms with Crippen LogP contribution in [0.25, 0.3) is 0 Å². The minimum absolute atomic E-state index is 0.0268. The first-order valence-corrected chi connectivity index (χ1v) is 7.49. The quantitative estimate of drug-likeness (QED) is 0.667. The summed E-state index contributed by atoms with van der Waals surface area (Å²) in [4.78, 5) is 41.2. The minimum Gasteiger partial charge on any atom is -0.339 e. The second-order valence-corrected chi connectivity index (χ2v) is 5.96. The molecule has 0 unspecified atom stereocenters. The number of hydrogen-bond acceptors (Lipinski definition) is 3. The van der Waals surface area contributed by atoms with Crippen LogP contribution in [-0.4, -0.2) is 64.3 Å². The van der Waals surface area contributed by atoms with Gasteiger partial charge in [0.25, 0.3) is 5.91 Å². The summed E-state index contributed by atoms with van der Waals surface area (Å²) in [5.41, 5.74) is 0. The third-order valence-electron chi connectivity index (χ3n) is 4.74. The first kappa shape index (κ1) is 13.4. The van der Waals surface area contributed by atoms with Crippen LogP contribution >= 0.6 is 0 Å². The molecule has 3 aliphatic rings. The molecule has 110 valence electrons. The standard InChI is InChI=1S/C14H21N3O3/c1-10(18)15-7-8-16-12(9-15)13(19)17(14(16)20)11-5-3-2-4-6-11/h11-12H,2-9H2,1H3/t12-/m1/s1. The van der Waals surface area contributed by atoms with Gasteiger partial charge in [-0.25, -0.2) is 4.79 Å². The zero-order chi connectivity index (χ0) is 14.3. The molecular weight excluding hydrogens is 258 g/mol. The average Bonchev–Trinajstić information content (AvgIpc) is 2.71. The number of carbonyl (C=O) groups excluding carboxylic acids is 3. The molecule has 6 nitrogen and oxygen atoms in total. The summed E-state index contributed by atoms with van der Waals surface area (Å²) >= 11 is 0. The molecule has 0 aromatic carbocycles. The van der Waals surface area contributed by atoms with Crippen LogP contribution in [0.2, 0.25) is 0 Å². The van der Waals surface area contributed by atoms with E-state index in [4.69, 9.17) is 0 Å². The summed E-state index contributed by atoms with van der Waals surface area (Å²) < 4.78 is 0. The van der Waals surface area contributed by atoms with Crippen molar-refractivity contribution in [2.24, 2.45) is 0 Å². The number of nitrogens with zero attached hydrogens (tertiary/aromatic N) is 3. The predicted molar refractivity (Wildman–Crippen MR) is 71.9 cm³/mol. The van der Waals surface area contributed by atoms with E-state index in [0.29, 0.717) is 19.6 Å². The molecule has 6 heteroatoms. The van der Waals surface area contributed by atoms with E-state index < -0.39 is 6.04 Å². The van der Waals surface area contributed by atoms with E-state index in [0.717, 1.165) is 25.7 Å². The summed E-state index contributed by atoms with van der Waals surface area (Å²) in [5, 5.41) is 0. The topological polar surface area (TPSA) is 60.9 Å². The van der Waals surface area contributed by atoms with E-state index in [1.807, 2.05) is 0 Å². The Bertz CT molecular complexity index is 445. The van der Waals surface area contributed by atoms with Gasteiger partial charge in [-0.05, 0) is 12.8 Å². The highest BCUT2D eigenvalue weighted by molar-refractivity contribution is 6.05. The molecule has 0 bridgehead atoms. The monoisotopic (exact) mass is 279 g/mol. The lowest BCUT2D eigenvalue weighted by Crippen LogP contribution is -2.54. The third kappa shape index (κ3) is 2.07. The molecule has 1 aliphatic carbocycles. The van der Waals surface area contributed by atoms with Crippen molar-refractivity contribution in [3.63, 3.8) is 0 Å². The molecule has 0 aromatic heterocycles. The fourth-order valence-corrected chi connectivity index (χ4v) is 3.58. The summed E-state index contributed by atoms with van der Waals surface area (Å²) in [7, 11) is 0. The molecule has 3 rings (SSSR count). The summed E-state index contributed by atoms with van der Waals surface area (Å²) in [6.07, 6.45) is 5.22. The maximum atomic E-state index is 12.5. The minimum atomic E-state index is -0.456. The number of imide groups is 1. The second kappa shape index (κ2) is 5.07. The van der Waals surface area contributed by atoms with Crippen LogP contribution in [0.5, 0.6) is 0 Å². The Morgan fingerprint density at radius 2 is 1.80 bits per heavy atom. The van der Waals surface area contributed by atoms with Gasteiger partial charge in [0.2, 0.25) is 5.91 Å². The number of urea groups is 1. The van der Waals surface area contributed by atoms with E-state index in [2.05, 4.69) is 0 Å². The van der Waals surface area contributed by atoms with Gasteiger partial charge in [-0.1, -0.05) is 19.3 Å². The molecular formula is C14H21N3O3. The number of rotatable bonds is 1. The Morgan fingerprint density at radius 1 is 1.10 bits per heavy atom. The van der Waals surface area contributed by atoms with Crippen LogP contribution in [-0.2, 0) is 9.59 Å². The lowest BCUT2D eigenvalue weighted by molar-refractivity contribution is -0.135. The van der Waals surface area contributed by atoms with Gasteiger partial charge >= 0.3 is 6.03 Å². The second-order valence-electron chi connectivity index (χ2n) is 5.96. The molecule has 2 heterocycles. The molecule has 1 atom stereocenters. The average molecular weight is 279 g/mol. The number of carbonyl (C=O) groups is 3. The first-order valence-electron chi connectivity index (χ1n) is 7.49. The van der Waals surface area contributed by atoms with E-state index in [1.54, 1.807) is 9.80 Å². The highest BCUT2D eigenvalue weighted by Crippen LogP contribution is 2.30. The van der Waals surface area contributed by atoms with Gasteiger partial charge in [-0.2, -0.15) is 0 Å². The van der Waals surface area contributed by atoms with Crippen molar-refractivity contribution in [1.29, 1.82) is 0 Å². The van der Waals surface area contributed by atoms with Crippen molar-refractivity contribution in [3.05, 3.63) is 0 Å². The van der Waals surface area contributed by atoms with E-state index >= 15 is 0 Å². The Labute approximate surface area is 118 Å². The van der Waals surface area contributed by atoms with Gasteiger partial charge in [-0.3, -0.25) is 14.5 Å². The molecule has 0 N–H and O–H groups in total. The lowest BCUT2D eigenvalue weighted by atomic mass is 9.94. The van der Waals surface area contributed by atoms with E-state index in [9.17, 15) is 14.4 Å². The first-order chi connectivity index (χ1) is 9.59. The van der Waals surface area contributed by atoms with Crippen LogP contribution in [0.15, 0.2) is 0 Å². The molecule has 0 aromatic rings. The molecule has 20 heavy (non-hydrogen) atoms. The van der Waals surface area contributed by atoms with Crippen LogP contribution in [0.1, 0.15) is 39.0 Å². The Morgan fingerprint density at radius 3 is 2.45 bits per heavy atom. The number of piperazine rings is 1. The molecule has 1 saturated carbocycles. The molecule has 0 spiro atoms. The predicted octanol–water partition coefficient (Wildman–Crippen LogP) is 0.814. The third-order valence-corrected chi connectivity index (χ3v) is 4.74. The Kier molecular flexibility index (Phi) is 3.40. The molecule has 3 fully saturated rings. The van der Waals surface area contributed by atoms with Gasteiger partial charge in [0, 0.05) is 26.1 Å². The Balaban J connectivity index is 1.77. The van der Waals surface area contributed by atoms with E-state index in [1.165, 1.54) is 18.2 Å². The fraction of sp³-hybridized carbons (Fsp3) is 0.786. The van der Waals surface area contributed by atoms with Crippen LogP contribution in [0.4, 0.5) is 4.79 Å². The summed E-state index contributed by atoms with van der Waals surface area (Å²) in [6, 6.07) is -0.530. The van der Waals surface area contributed by atoms with Crippen molar-refractivity contribution >= 4 is 17.8 Å². The van der Waals surface area contributed by atoms with Gasteiger partial charge in [-0.15, -0.1) is 0 Å². The van der Waals surface area contributed by atoms with Crippen LogP contribution in [0, 0.1) is 0 Å². The summed E-state index contributed by atoms with van der Waals surface area (Å²) in [6.45, 7) is 2.86. The van der Waals surface area contributed by atoms with Gasteiger partial charge in [0.15, 0.2) is 0 Å². The zero-order valence-corrected chi connectivity index (χ0v) is 11.9. The molecule has 0 radical (unpaired) electrons. The fourth-order valence-electron chi connectivity index (χ4n) is 3.58. The zero-order valence-electron chi connectivity index (χ0n) is 11.9. The van der Waals surface area contributed by atoms with Crippen LogP contribution < -0.4 is 0 Å². The molecule has 4 amide bonds. The summed E-state index contributed by atoms with van der Waals surface area (Å²) in [5.74, 6) is -0.131. The van der Waals surface area contributed by atoms with Crippen molar-refractivity contribution in [2.45, 2.75) is 51.1 Å². The highest BCUT2D eigenvalue weighted by atomic mass is 16.2. The molecule has 2 saturated heterocycles. The van der Waals surface area contributed by atoms with Crippen molar-refractivity contribution in [2.75, 3.05) is 19.6 Å². The lowest BCUT2D eigenvalue weighted by Gasteiger charge is -2.34.